The largest absolute Gasteiger partial charge is 0.454 e. The van der Waals surface area contributed by atoms with E-state index in [9.17, 15) is 4.79 Å². The molecule has 7 nitrogen and oxygen atoms in total. The molecular formula is C16H21N3O4. The number of nitrogens with one attached hydrogen (secondary N) is 2. The molecule has 0 spiro atoms. The predicted molar refractivity (Wildman–Crippen MR) is 83.9 cm³/mol. The van der Waals surface area contributed by atoms with E-state index in [1.165, 1.54) is 0 Å². The van der Waals surface area contributed by atoms with Gasteiger partial charge in [-0.05, 0) is 25.5 Å². The highest BCUT2D eigenvalue weighted by atomic mass is 16.7. The van der Waals surface area contributed by atoms with E-state index in [1.54, 1.807) is 18.2 Å². The van der Waals surface area contributed by atoms with Crippen LogP contribution in [0.1, 0.15) is 13.3 Å². The SMILES string of the molecule is C[C@H]1CN2C[C@@H](NC(=O)Nc3ccc4c(c3)OCO4)C[C@H]2CO1. The van der Waals surface area contributed by atoms with Crippen LogP contribution in [0.25, 0.3) is 0 Å². The zero-order valence-corrected chi connectivity index (χ0v) is 13.1. The van der Waals surface area contributed by atoms with E-state index < -0.39 is 0 Å². The number of fused-ring (bicyclic) bond motifs is 2. The fraction of sp³-hybridized carbons (Fsp3) is 0.562. The molecule has 0 unspecified atom stereocenters. The Labute approximate surface area is 134 Å². The molecule has 2 N–H and O–H groups in total. The molecule has 3 atom stereocenters. The molecule has 1 aromatic carbocycles. The maximum atomic E-state index is 12.2. The summed E-state index contributed by atoms with van der Waals surface area (Å²) in [5.74, 6) is 1.37. The number of ether oxygens (including phenoxy) is 3. The quantitative estimate of drug-likeness (QED) is 0.862. The Bertz CT molecular complexity index is 609. The molecule has 0 aliphatic carbocycles. The molecule has 124 valence electrons. The lowest BCUT2D eigenvalue weighted by Crippen LogP contribution is -2.45. The van der Waals surface area contributed by atoms with Crippen molar-refractivity contribution in [2.75, 3.05) is 31.8 Å². The summed E-state index contributed by atoms with van der Waals surface area (Å²) >= 11 is 0. The average Bonchev–Trinajstić information content (AvgIpc) is 3.11. The molecule has 2 saturated heterocycles. The molecule has 23 heavy (non-hydrogen) atoms. The summed E-state index contributed by atoms with van der Waals surface area (Å²) in [5.41, 5.74) is 0.694. The van der Waals surface area contributed by atoms with Gasteiger partial charge in [0.1, 0.15) is 0 Å². The first-order chi connectivity index (χ1) is 11.2. The molecule has 2 amide bonds. The summed E-state index contributed by atoms with van der Waals surface area (Å²) in [5, 5.41) is 5.90. The number of hydrogen-bond acceptors (Lipinski definition) is 5. The first-order valence-electron chi connectivity index (χ1n) is 8.00. The Kier molecular flexibility index (Phi) is 3.74. The predicted octanol–water partition coefficient (Wildman–Crippen LogP) is 1.40. The van der Waals surface area contributed by atoms with Gasteiger partial charge in [-0.2, -0.15) is 0 Å². The van der Waals surface area contributed by atoms with Gasteiger partial charge in [-0.15, -0.1) is 0 Å². The van der Waals surface area contributed by atoms with Crippen LogP contribution < -0.4 is 20.1 Å². The molecule has 0 saturated carbocycles. The fourth-order valence-electron chi connectivity index (χ4n) is 3.47. The summed E-state index contributed by atoms with van der Waals surface area (Å²) < 4.78 is 16.3. The number of morpholine rings is 1. The topological polar surface area (TPSA) is 72.1 Å². The molecule has 0 bridgehead atoms. The minimum atomic E-state index is -0.192. The van der Waals surface area contributed by atoms with Gasteiger partial charge in [0, 0.05) is 36.9 Å². The van der Waals surface area contributed by atoms with Gasteiger partial charge in [0.25, 0.3) is 0 Å². The molecule has 3 aliphatic heterocycles. The number of carbonyl (C=O) groups excluding carboxylic acids is 1. The number of urea groups is 1. The van der Waals surface area contributed by atoms with Crippen LogP contribution in [0.4, 0.5) is 10.5 Å². The lowest BCUT2D eigenvalue weighted by molar-refractivity contribution is -0.0390. The van der Waals surface area contributed by atoms with Gasteiger partial charge < -0.3 is 24.8 Å². The van der Waals surface area contributed by atoms with Crippen LogP contribution >= 0.6 is 0 Å². The summed E-state index contributed by atoms with van der Waals surface area (Å²) in [6.45, 7) is 4.89. The zero-order chi connectivity index (χ0) is 15.8. The maximum absolute atomic E-state index is 12.2. The molecule has 3 heterocycles. The second-order valence-corrected chi connectivity index (χ2v) is 6.35. The standard InChI is InChI=1S/C16H21N3O4/c1-10-6-19-7-12(4-13(19)8-21-10)18-16(20)17-11-2-3-14-15(5-11)23-9-22-14/h2-3,5,10,12-13H,4,6-9H2,1H3,(H2,17,18,20)/t10-,12-,13-/m0/s1. The summed E-state index contributed by atoms with van der Waals surface area (Å²) in [7, 11) is 0. The first kappa shape index (κ1) is 14.6. The number of rotatable bonds is 2. The first-order valence-corrected chi connectivity index (χ1v) is 8.00. The maximum Gasteiger partial charge on any atom is 0.319 e. The third kappa shape index (κ3) is 3.07. The lowest BCUT2D eigenvalue weighted by Gasteiger charge is -2.33. The van der Waals surface area contributed by atoms with E-state index in [0.717, 1.165) is 26.1 Å². The van der Waals surface area contributed by atoms with Gasteiger partial charge in [0.15, 0.2) is 11.5 Å². The van der Waals surface area contributed by atoms with Crippen molar-refractivity contribution in [3.8, 4) is 11.5 Å². The van der Waals surface area contributed by atoms with E-state index in [-0.39, 0.29) is 25.0 Å². The van der Waals surface area contributed by atoms with Gasteiger partial charge in [-0.1, -0.05) is 0 Å². The van der Waals surface area contributed by atoms with E-state index in [0.29, 0.717) is 23.2 Å². The summed E-state index contributed by atoms with van der Waals surface area (Å²) in [6, 6.07) is 5.76. The van der Waals surface area contributed by atoms with Crippen LogP contribution in [0.2, 0.25) is 0 Å². The number of benzene rings is 1. The normalized spacial score (nSPS) is 29.2. The van der Waals surface area contributed by atoms with Crippen molar-refractivity contribution in [3.05, 3.63) is 18.2 Å². The van der Waals surface area contributed by atoms with Gasteiger partial charge in [0.05, 0.1) is 12.7 Å². The van der Waals surface area contributed by atoms with Crippen molar-refractivity contribution in [1.82, 2.24) is 10.2 Å². The summed E-state index contributed by atoms with van der Waals surface area (Å²) in [4.78, 5) is 14.6. The third-order valence-corrected chi connectivity index (χ3v) is 4.56. The zero-order valence-electron chi connectivity index (χ0n) is 13.1. The minimum Gasteiger partial charge on any atom is -0.454 e. The van der Waals surface area contributed by atoms with Gasteiger partial charge in [0.2, 0.25) is 6.79 Å². The molecule has 2 fully saturated rings. The van der Waals surface area contributed by atoms with Gasteiger partial charge in [-0.3, -0.25) is 4.90 Å². The Morgan fingerprint density at radius 3 is 3.04 bits per heavy atom. The van der Waals surface area contributed by atoms with Crippen molar-refractivity contribution < 1.29 is 19.0 Å². The number of carbonyl (C=O) groups is 1. The average molecular weight is 319 g/mol. The van der Waals surface area contributed by atoms with Crippen LogP contribution in [0, 0.1) is 0 Å². The van der Waals surface area contributed by atoms with Crippen LogP contribution in [0.3, 0.4) is 0 Å². The molecule has 1 aromatic rings. The molecule has 0 radical (unpaired) electrons. The van der Waals surface area contributed by atoms with Gasteiger partial charge in [-0.25, -0.2) is 4.79 Å². The van der Waals surface area contributed by atoms with Crippen molar-refractivity contribution in [1.29, 1.82) is 0 Å². The van der Waals surface area contributed by atoms with Crippen molar-refractivity contribution >= 4 is 11.7 Å². The Morgan fingerprint density at radius 1 is 1.26 bits per heavy atom. The highest BCUT2D eigenvalue weighted by Gasteiger charge is 2.36. The van der Waals surface area contributed by atoms with E-state index in [2.05, 4.69) is 22.5 Å². The van der Waals surface area contributed by atoms with Crippen LogP contribution in [0.5, 0.6) is 11.5 Å². The molecule has 7 heteroatoms. The lowest BCUT2D eigenvalue weighted by atomic mass is 10.1. The highest BCUT2D eigenvalue weighted by molar-refractivity contribution is 5.89. The van der Waals surface area contributed by atoms with E-state index >= 15 is 0 Å². The van der Waals surface area contributed by atoms with Crippen molar-refractivity contribution in [2.45, 2.75) is 31.5 Å². The number of nitrogens with zero attached hydrogens (tertiary/aromatic N) is 1. The van der Waals surface area contributed by atoms with Gasteiger partial charge >= 0.3 is 6.03 Å². The molecule has 4 rings (SSSR count). The second-order valence-electron chi connectivity index (χ2n) is 6.35. The minimum absolute atomic E-state index is 0.155. The monoisotopic (exact) mass is 319 g/mol. The van der Waals surface area contributed by atoms with E-state index in [1.807, 2.05) is 0 Å². The van der Waals surface area contributed by atoms with Crippen LogP contribution in [-0.2, 0) is 4.74 Å². The van der Waals surface area contributed by atoms with Crippen molar-refractivity contribution in [3.63, 3.8) is 0 Å². The second kappa shape index (κ2) is 5.90. The number of amides is 2. The molecular weight excluding hydrogens is 298 g/mol. The number of hydrogen-bond donors (Lipinski definition) is 2. The Morgan fingerprint density at radius 2 is 2.13 bits per heavy atom. The number of anilines is 1. The fourth-order valence-corrected chi connectivity index (χ4v) is 3.47. The van der Waals surface area contributed by atoms with Crippen molar-refractivity contribution in [2.24, 2.45) is 0 Å². The van der Waals surface area contributed by atoms with E-state index in [4.69, 9.17) is 14.2 Å². The smallest absolute Gasteiger partial charge is 0.319 e. The highest BCUT2D eigenvalue weighted by Crippen LogP contribution is 2.34. The molecule has 0 aromatic heterocycles. The Balaban J connectivity index is 1.32. The van der Waals surface area contributed by atoms with Crippen LogP contribution in [-0.4, -0.2) is 55.6 Å². The van der Waals surface area contributed by atoms with Crippen LogP contribution in [0.15, 0.2) is 18.2 Å². The Hall–Kier alpha value is -1.99. The summed E-state index contributed by atoms with van der Waals surface area (Å²) in [6.07, 6.45) is 1.20. The third-order valence-electron chi connectivity index (χ3n) is 4.56. The molecule has 3 aliphatic rings.